The number of nitrogens with zero attached hydrogens (tertiary/aromatic N) is 1. The average molecular weight is 272 g/mol. The molecule has 0 spiro atoms. The normalized spacial score (nSPS) is 38.8. The number of hydrogen-bond donors (Lipinski definition) is 1. The lowest BCUT2D eigenvalue weighted by molar-refractivity contribution is 0.102. The molecule has 0 aromatic carbocycles. The molecule has 0 radical (unpaired) electrons. The number of nitrogens with one attached hydrogen (secondary N) is 1. The van der Waals surface area contributed by atoms with Crippen LogP contribution in [0.3, 0.4) is 0 Å². The maximum Gasteiger partial charge on any atom is 0.213 e. The van der Waals surface area contributed by atoms with Crippen LogP contribution in [0, 0.1) is 17.8 Å². The van der Waals surface area contributed by atoms with E-state index < -0.39 is 0 Å². The highest BCUT2D eigenvalue weighted by Gasteiger charge is 2.43. The largest absolute Gasteiger partial charge is 0.481 e. The number of pyridine rings is 1. The van der Waals surface area contributed by atoms with E-state index in [1.165, 1.54) is 30.5 Å². The summed E-state index contributed by atoms with van der Waals surface area (Å²) in [5, 5.41) is 3.83. The van der Waals surface area contributed by atoms with Gasteiger partial charge in [-0.25, -0.2) is 4.98 Å². The molecule has 108 valence electrons. The first kappa shape index (κ1) is 12.6. The van der Waals surface area contributed by atoms with Crippen molar-refractivity contribution >= 4 is 0 Å². The first-order valence-corrected chi connectivity index (χ1v) is 8.01. The fourth-order valence-electron chi connectivity index (χ4n) is 4.88. The number of rotatable bonds is 1. The highest BCUT2D eigenvalue weighted by molar-refractivity contribution is 5.32. The molecule has 3 heteroatoms. The summed E-state index contributed by atoms with van der Waals surface area (Å²) in [5.74, 6) is 3.93. The summed E-state index contributed by atoms with van der Waals surface area (Å²) in [5.41, 5.74) is 2.78. The highest BCUT2D eigenvalue weighted by Crippen LogP contribution is 2.46. The number of ether oxygens (including phenoxy) is 1. The van der Waals surface area contributed by atoms with E-state index >= 15 is 0 Å². The summed E-state index contributed by atoms with van der Waals surface area (Å²) in [7, 11) is 1.71. The molecule has 1 saturated carbocycles. The third-order valence-corrected chi connectivity index (χ3v) is 5.76. The summed E-state index contributed by atoms with van der Waals surface area (Å²) in [6.45, 7) is 3.54. The average Bonchev–Trinajstić information content (AvgIpc) is 2.59. The molecule has 3 nitrogen and oxygen atoms in total. The Bertz CT molecular complexity index is 516. The maximum absolute atomic E-state index is 5.33. The van der Waals surface area contributed by atoms with Gasteiger partial charge in [0.15, 0.2) is 0 Å². The zero-order valence-corrected chi connectivity index (χ0v) is 12.4. The van der Waals surface area contributed by atoms with E-state index in [2.05, 4.69) is 18.3 Å². The molecule has 4 rings (SSSR count). The van der Waals surface area contributed by atoms with E-state index in [9.17, 15) is 0 Å². The predicted molar refractivity (Wildman–Crippen MR) is 79.0 cm³/mol. The SMILES string of the molecule is COc1ccc2c(n1)C[C@@H]1C[C@@H](C)C[C@@H]3NC[C@H]2C[C@H]13. The van der Waals surface area contributed by atoms with Gasteiger partial charge in [-0.1, -0.05) is 13.0 Å². The molecular weight excluding hydrogens is 248 g/mol. The van der Waals surface area contributed by atoms with Crippen molar-refractivity contribution in [2.24, 2.45) is 17.8 Å². The number of fused-ring (bicyclic) bond motifs is 3. The van der Waals surface area contributed by atoms with Gasteiger partial charge in [-0.2, -0.15) is 0 Å². The topological polar surface area (TPSA) is 34.1 Å². The molecule has 3 aliphatic rings. The van der Waals surface area contributed by atoms with Gasteiger partial charge in [-0.3, -0.25) is 0 Å². The zero-order valence-electron chi connectivity index (χ0n) is 12.4. The quantitative estimate of drug-likeness (QED) is 0.853. The van der Waals surface area contributed by atoms with Gasteiger partial charge in [0.25, 0.3) is 0 Å². The maximum atomic E-state index is 5.33. The lowest BCUT2D eigenvalue weighted by Gasteiger charge is -2.45. The Labute approximate surface area is 121 Å². The Morgan fingerprint density at radius 3 is 3.00 bits per heavy atom. The fourth-order valence-corrected chi connectivity index (χ4v) is 4.88. The fraction of sp³-hybridized carbons (Fsp3) is 0.706. The number of hydrogen-bond acceptors (Lipinski definition) is 3. The summed E-state index contributed by atoms with van der Waals surface area (Å²) < 4.78 is 5.33. The van der Waals surface area contributed by atoms with E-state index in [1.807, 2.05) is 6.07 Å². The molecule has 5 atom stereocenters. The van der Waals surface area contributed by atoms with Crippen molar-refractivity contribution in [3.05, 3.63) is 23.4 Å². The zero-order chi connectivity index (χ0) is 13.7. The van der Waals surface area contributed by atoms with Crippen LogP contribution in [0.4, 0.5) is 0 Å². The van der Waals surface area contributed by atoms with Crippen LogP contribution in [-0.4, -0.2) is 24.7 Å². The Kier molecular flexibility index (Phi) is 2.99. The second-order valence-corrected chi connectivity index (χ2v) is 7.04. The molecule has 20 heavy (non-hydrogen) atoms. The molecule has 2 bridgehead atoms. The van der Waals surface area contributed by atoms with Crippen LogP contribution in [-0.2, 0) is 6.42 Å². The smallest absolute Gasteiger partial charge is 0.213 e. The van der Waals surface area contributed by atoms with E-state index in [-0.39, 0.29) is 0 Å². The molecule has 1 aromatic rings. The van der Waals surface area contributed by atoms with Crippen LogP contribution < -0.4 is 10.1 Å². The molecule has 2 heterocycles. The molecule has 0 unspecified atom stereocenters. The van der Waals surface area contributed by atoms with E-state index in [4.69, 9.17) is 9.72 Å². The Balaban J connectivity index is 1.74. The van der Waals surface area contributed by atoms with Crippen LogP contribution in [0.15, 0.2) is 12.1 Å². The predicted octanol–water partition coefficient (Wildman–Crippen LogP) is 2.75. The summed E-state index contributed by atoms with van der Waals surface area (Å²) in [4.78, 5) is 4.77. The van der Waals surface area contributed by atoms with Gasteiger partial charge in [-0.05, 0) is 54.9 Å². The second-order valence-electron chi connectivity index (χ2n) is 7.04. The Morgan fingerprint density at radius 1 is 1.25 bits per heavy atom. The molecule has 2 fully saturated rings. The van der Waals surface area contributed by atoms with E-state index in [0.29, 0.717) is 5.92 Å². The molecule has 0 amide bonds. The van der Waals surface area contributed by atoms with Crippen LogP contribution in [0.1, 0.15) is 43.4 Å². The first-order chi connectivity index (χ1) is 9.74. The van der Waals surface area contributed by atoms with Crippen molar-refractivity contribution in [3.8, 4) is 5.88 Å². The molecule has 1 aliphatic heterocycles. The van der Waals surface area contributed by atoms with Gasteiger partial charge in [0.1, 0.15) is 0 Å². The lowest BCUT2D eigenvalue weighted by Crippen LogP contribution is -2.50. The molecular formula is C17H24N2O. The number of aromatic nitrogens is 1. The van der Waals surface area contributed by atoms with E-state index in [1.54, 1.807) is 7.11 Å². The van der Waals surface area contributed by atoms with Gasteiger partial charge in [-0.15, -0.1) is 0 Å². The van der Waals surface area contributed by atoms with Crippen molar-refractivity contribution in [3.63, 3.8) is 0 Å². The monoisotopic (exact) mass is 272 g/mol. The Hall–Kier alpha value is -1.09. The van der Waals surface area contributed by atoms with Crippen molar-refractivity contribution in [2.75, 3.05) is 13.7 Å². The van der Waals surface area contributed by atoms with Crippen molar-refractivity contribution in [1.82, 2.24) is 10.3 Å². The molecule has 2 aliphatic carbocycles. The van der Waals surface area contributed by atoms with Gasteiger partial charge in [0, 0.05) is 24.3 Å². The van der Waals surface area contributed by atoms with Crippen LogP contribution in [0.2, 0.25) is 0 Å². The third kappa shape index (κ3) is 1.95. The molecule has 1 aromatic heterocycles. The lowest BCUT2D eigenvalue weighted by atomic mass is 9.67. The first-order valence-electron chi connectivity index (χ1n) is 8.01. The van der Waals surface area contributed by atoms with Gasteiger partial charge < -0.3 is 10.1 Å². The van der Waals surface area contributed by atoms with Gasteiger partial charge in [0.2, 0.25) is 5.88 Å². The number of methoxy groups -OCH3 is 1. The summed E-state index contributed by atoms with van der Waals surface area (Å²) in [6.07, 6.45) is 5.24. The number of piperidine rings is 1. The summed E-state index contributed by atoms with van der Waals surface area (Å²) >= 11 is 0. The minimum atomic E-state index is 0.656. The van der Waals surface area contributed by atoms with Crippen LogP contribution in [0.25, 0.3) is 0 Å². The minimum Gasteiger partial charge on any atom is -0.481 e. The van der Waals surface area contributed by atoms with Crippen molar-refractivity contribution in [1.29, 1.82) is 0 Å². The summed E-state index contributed by atoms with van der Waals surface area (Å²) in [6, 6.07) is 5.04. The highest BCUT2D eigenvalue weighted by atomic mass is 16.5. The minimum absolute atomic E-state index is 0.656. The van der Waals surface area contributed by atoms with Crippen molar-refractivity contribution < 1.29 is 4.74 Å². The van der Waals surface area contributed by atoms with Crippen LogP contribution in [0.5, 0.6) is 5.88 Å². The van der Waals surface area contributed by atoms with E-state index in [0.717, 1.165) is 42.6 Å². The van der Waals surface area contributed by atoms with Gasteiger partial charge in [0.05, 0.1) is 7.11 Å². The second kappa shape index (κ2) is 4.73. The molecule has 1 saturated heterocycles. The third-order valence-electron chi connectivity index (χ3n) is 5.76. The van der Waals surface area contributed by atoms with Gasteiger partial charge >= 0.3 is 0 Å². The molecule has 1 N–H and O–H groups in total. The Morgan fingerprint density at radius 2 is 2.15 bits per heavy atom. The van der Waals surface area contributed by atoms with Crippen molar-refractivity contribution in [2.45, 2.75) is 44.6 Å². The van der Waals surface area contributed by atoms with Crippen LogP contribution >= 0.6 is 0 Å². The standard InChI is InChI=1S/C17H24N2O/c1-10-5-11-8-16-13(3-4-17(19-16)20-2)12-7-14(11)15(6-10)18-9-12/h3-4,10-12,14-15,18H,5-9H2,1-2H3/t10-,11+,12-,14-,15+/m1/s1.